The van der Waals surface area contributed by atoms with Gasteiger partial charge in [0.15, 0.2) is 0 Å². The molecule has 1 heterocycles. The SMILES string of the molecule is C[C@@H]1CC[C@H](Nc2ccccc2Cn2cncn2)C1. The second-order valence-electron chi connectivity index (χ2n) is 5.51. The van der Waals surface area contributed by atoms with E-state index in [-0.39, 0.29) is 0 Å². The van der Waals surface area contributed by atoms with Crippen molar-refractivity contribution >= 4 is 5.69 Å². The number of nitrogens with zero attached hydrogens (tertiary/aromatic N) is 3. The predicted octanol–water partition coefficient (Wildman–Crippen LogP) is 2.93. The maximum Gasteiger partial charge on any atom is 0.137 e. The van der Waals surface area contributed by atoms with E-state index in [1.165, 1.54) is 30.5 Å². The summed E-state index contributed by atoms with van der Waals surface area (Å²) in [5.74, 6) is 0.847. The lowest BCUT2D eigenvalue weighted by atomic mass is 10.1. The van der Waals surface area contributed by atoms with E-state index in [0.29, 0.717) is 6.04 Å². The third-order valence-corrected chi connectivity index (χ3v) is 3.87. The Kier molecular flexibility index (Phi) is 3.49. The molecule has 1 aliphatic carbocycles. The Morgan fingerprint density at radius 3 is 2.95 bits per heavy atom. The van der Waals surface area contributed by atoms with E-state index in [9.17, 15) is 0 Å². The van der Waals surface area contributed by atoms with Crippen LogP contribution in [-0.4, -0.2) is 20.8 Å². The highest BCUT2D eigenvalue weighted by molar-refractivity contribution is 5.52. The van der Waals surface area contributed by atoms with E-state index >= 15 is 0 Å². The third kappa shape index (κ3) is 2.95. The lowest BCUT2D eigenvalue weighted by Crippen LogP contribution is -2.17. The highest BCUT2D eigenvalue weighted by Gasteiger charge is 2.21. The van der Waals surface area contributed by atoms with Crippen LogP contribution in [0.3, 0.4) is 0 Å². The van der Waals surface area contributed by atoms with Crippen molar-refractivity contribution in [2.45, 2.75) is 38.8 Å². The first kappa shape index (κ1) is 12.2. The summed E-state index contributed by atoms with van der Waals surface area (Å²) < 4.78 is 1.86. The molecule has 0 aliphatic heterocycles. The summed E-state index contributed by atoms with van der Waals surface area (Å²) >= 11 is 0. The summed E-state index contributed by atoms with van der Waals surface area (Å²) in [6.07, 6.45) is 7.22. The molecule has 4 heteroatoms. The van der Waals surface area contributed by atoms with Crippen LogP contribution in [0.15, 0.2) is 36.9 Å². The van der Waals surface area contributed by atoms with Gasteiger partial charge < -0.3 is 5.32 Å². The molecule has 100 valence electrons. The van der Waals surface area contributed by atoms with E-state index in [2.05, 4.69) is 46.6 Å². The molecule has 0 amide bonds. The monoisotopic (exact) mass is 256 g/mol. The Morgan fingerprint density at radius 1 is 1.32 bits per heavy atom. The van der Waals surface area contributed by atoms with Crippen LogP contribution in [0, 0.1) is 5.92 Å². The summed E-state index contributed by atoms with van der Waals surface area (Å²) in [6.45, 7) is 3.11. The van der Waals surface area contributed by atoms with Crippen molar-refractivity contribution in [1.82, 2.24) is 14.8 Å². The lowest BCUT2D eigenvalue weighted by molar-refractivity contribution is 0.602. The van der Waals surface area contributed by atoms with Crippen molar-refractivity contribution in [3.63, 3.8) is 0 Å². The van der Waals surface area contributed by atoms with Gasteiger partial charge in [0, 0.05) is 11.7 Å². The van der Waals surface area contributed by atoms with Gasteiger partial charge in [-0.1, -0.05) is 25.1 Å². The topological polar surface area (TPSA) is 42.7 Å². The van der Waals surface area contributed by atoms with Gasteiger partial charge in [0.1, 0.15) is 12.7 Å². The molecule has 0 saturated heterocycles. The van der Waals surface area contributed by atoms with E-state index in [4.69, 9.17) is 0 Å². The minimum atomic E-state index is 0.617. The zero-order chi connectivity index (χ0) is 13.1. The summed E-state index contributed by atoms with van der Waals surface area (Å²) in [4.78, 5) is 3.99. The van der Waals surface area contributed by atoms with Crippen molar-refractivity contribution in [1.29, 1.82) is 0 Å². The molecule has 0 unspecified atom stereocenters. The second-order valence-corrected chi connectivity index (χ2v) is 5.51. The predicted molar refractivity (Wildman–Crippen MR) is 76.0 cm³/mol. The van der Waals surface area contributed by atoms with Crippen molar-refractivity contribution in [2.75, 3.05) is 5.32 Å². The van der Waals surface area contributed by atoms with Crippen LogP contribution in [0.2, 0.25) is 0 Å². The van der Waals surface area contributed by atoms with Gasteiger partial charge in [-0.25, -0.2) is 9.67 Å². The largest absolute Gasteiger partial charge is 0.382 e. The molecule has 1 aromatic carbocycles. The van der Waals surface area contributed by atoms with Gasteiger partial charge in [0.2, 0.25) is 0 Å². The highest BCUT2D eigenvalue weighted by Crippen LogP contribution is 2.28. The van der Waals surface area contributed by atoms with E-state index in [1.54, 1.807) is 12.7 Å². The molecule has 4 nitrogen and oxygen atoms in total. The minimum Gasteiger partial charge on any atom is -0.382 e. The van der Waals surface area contributed by atoms with Gasteiger partial charge in [0.05, 0.1) is 6.54 Å². The molecule has 1 aliphatic rings. The van der Waals surface area contributed by atoms with Gasteiger partial charge in [0.25, 0.3) is 0 Å². The highest BCUT2D eigenvalue weighted by atomic mass is 15.3. The summed E-state index contributed by atoms with van der Waals surface area (Å²) in [7, 11) is 0. The molecule has 2 atom stereocenters. The normalized spacial score (nSPS) is 22.6. The average Bonchev–Trinajstić information content (AvgIpc) is 3.04. The first-order chi connectivity index (χ1) is 9.31. The number of nitrogens with one attached hydrogen (secondary N) is 1. The Labute approximate surface area is 113 Å². The molecule has 3 rings (SSSR count). The number of benzene rings is 1. The number of rotatable bonds is 4. The fraction of sp³-hybridized carbons (Fsp3) is 0.467. The Hall–Kier alpha value is -1.84. The quantitative estimate of drug-likeness (QED) is 0.914. The van der Waals surface area contributed by atoms with Crippen LogP contribution in [0.25, 0.3) is 0 Å². The van der Waals surface area contributed by atoms with Crippen LogP contribution < -0.4 is 5.32 Å². The summed E-state index contributed by atoms with van der Waals surface area (Å²) in [5, 5.41) is 7.87. The number of para-hydroxylation sites is 1. The van der Waals surface area contributed by atoms with Crippen LogP contribution in [0.5, 0.6) is 0 Å². The smallest absolute Gasteiger partial charge is 0.137 e. The number of aromatic nitrogens is 3. The number of hydrogen-bond acceptors (Lipinski definition) is 3. The average molecular weight is 256 g/mol. The molecular formula is C15H20N4. The Balaban J connectivity index is 1.73. The maximum absolute atomic E-state index is 4.17. The van der Waals surface area contributed by atoms with Gasteiger partial charge in [-0.2, -0.15) is 5.10 Å². The van der Waals surface area contributed by atoms with E-state index in [1.807, 2.05) is 4.68 Å². The zero-order valence-corrected chi connectivity index (χ0v) is 11.3. The molecule has 1 N–H and O–H groups in total. The summed E-state index contributed by atoms with van der Waals surface area (Å²) in [5.41, 5.74) is 2.50. The number of anilines is 1. The van der Waals surface area contributed by atoms with Crippen LogP contribution >= 0.6 is 0 Å². The van der Waals surface area contributed by atoms with Crippen LogP contribution in [-0.2, 0) is 6.54 Å². The first-order valence-corrected chi connectivity index (χ1v) is 6.98. The van der Waals surface area contributed by atoms with Crippen molar-refractivity contribution in [3.8, 4) is 0 Å². The molecule has 0 bridgehead atoms. The molecule has 0 radical (unpaired) electrons. The molecule has 1 saturated carbocycles. The van der Waals surface area contributed by atoms with Crippen molar-refractivity contribution < 1.29 is 0 Å². The molecule has 1 fully saturated rings. The fourth-order valence-corrected chi connectivity index (χ4v) is 2.85. The van der Waals surface area contributed by atoms with Gasteiger partial charge in [-0.15, -0.1) is 0 Å². The minimum absolute atomic E-state index is 0.617. The Bertz CT molecular complexity index is 521. The van der Waals surface area contributed by atoms with Crippen LogP contribution in [0.1, 0.15) is 31.7 Å². The van der Waals surface area contributed by atoms with E-state index in [0.717, 1.165) is 12.5 Å². The van der Waals surface area contributed by atoms with Crippen molar-refractivity contribution in [2.24, 2.45) is 5.92 Å². The molecule has 1 aromatic heterocycles. The summed E-state index contributed by atoms with van der Waals surface area (Å²) in [6, 6.07) is 9.10. The van der Waals surface area contributed by atoms with Gasteiger partial charge >= 0.3 is 0 Å². The zero-order valence-electron chi connectivity index (χ0n) is 11.3. The lowest BCUT2D eigenvalue weighted by Gasteiger charge is -2.17. The molecular weight excluding hydrogens is 236 g/mol. The van der Waals surface area contributed by atoms with E-state index < -0.39 is 0 Å². The molecule has 19 heavy (non-hydrogen) atoms. The molecule has 2 aromatic rings. The molecule has 0 spiro atoms. The number of hydrogen-bond donors (Lipinski definition) is 1. The third-order valence-electron chi connectivity index (χ3n) is 3.87. The first-order valence-electron chi connectivity index (χ1n) is 6.98. The van der Waals surface area contributed by atoms with Crippen LogP contribution in [0.4, 0.5) is 5.69 Å². The Morgan fingerprint density at radius 2 is 2.21 bits per heavy atom. The second kappa shape index (κ2) is 5.43. The maximum atomic E-state index is 4.17. The van der Waals surface area contributed by atoms with Crippen molar-refractivity contribution in [3.05, 3.63) is 42.5 Å². The standard InChI is InChI=1S/C15H20N4/c1-12-6-7-14(8-12)18-15-5-3-2-4-13(15)9-19-11-16-10-17-19/h2-5,10-12,14,18H,6-9H2,1H3/t12-,14+/m1/s1. The fourth-order valence-electron chi connectivity index (χ4n) is 2.85. The van der Waals surface area contributed by atoms with Gasteiger partial charge in [-0.05, 0) is 36.8 Å². The van der Waals surface area contributed by atoms with Gasteiger partial charge in [-0.3, -0.25) is 0 Å².